The maximum absolute atomic E-state index is 15.2. The van der Waals surface area contributed by atoms with E-state index in [4.69, 9.17) is 56.8 Å². The average molecular weight is 1730 g/mol. The lowest BCUT2D eigenvalue weighted by Crippen LogP contribution is -2.63. The van der Waals surface area contributed by atoms with Crippen molar-refractivity contribution in [2.24, 2.45) is 0 Å². The molecule has 0 bridgehead atoms. The molecule has 10 atom stereocenters. The van der Waals surface area contributed by atoms with Crippen LogP contribution in [0, 0.1) is 0 Å². The molecule has 9 aromatic rings. The molecule has 48 heteroatoms. The van der Waals surface area contributed by atoms with E-state index in [0.717, 1.165) is 0 Å². The Labute approximate surface area is 677 Å². The first-order valence-electron chi connectivity index (χ1n) is 34.0. The third kappa shape index (κ3) is 16.2. The smallest absolute Gasteiger partial charge is 0.342 e. The molecular formula is C75H56O48. The van der Waals surface area contributed by atoms with Gasteiger partial charge in [0.05, 0.1) is 44.5 Å². The summed E-state index contributed by atoms with van der Waals surface area (Å²) >= 11 is 0. The van der Waals surface area contributed by atoms with Crippen LogP contribution in [0.2, 0.25) is 0 Å². The van der Waals surface area contributed by atoms with Crippen molar-refractivity contribution in [1.82, 2.24) is 0 Å². The molecule has 123 heavy (non-hydrogen) atoms. The number of ether oxygens (including phenoxy) is 12. The van der Waals surface area contributed by atoms with E-state index in [1.807, 2.05) is 0 Å². The van der Waals surface area contributed by atoms with E-state index in [0.29, 0.717) is 72.8 Å². The van der Waals surface area contributed by atoms with Gasteiger partial charge in [-0.25, -0.2) is 43.2 Å². The third-order valence-electron chi connectivity index (χ3n) is 18.3. The van der Waals surface area contributed by atoms with Crippen LogP contribution in [0.1, 0.15) is 93.2 Å². The lowest BCUT2D eigenvalue weighted by atomic mass is 9.91. The fourth-order valence-corrected chi connectivity index (χ4v) is 12.2. The molecule has 12 rings (SSSR count). The van der Waals surface area contributed by atoms with Gasteiger partial charge in [0.1, 0.15) is 37.1 Å². The zero-order valence-electron chi connectivity index (χ0n) is 60.5. The van der Waals surface area contributed by atoms with Crippen LogP contribution in [0.4, 0.5) is 0 Å². The van der Waals surface area contributed by atoms with E-state index in [1.165, 1.54) is 0 Å². The number of fused-ring (bicyclic) bond motifs is 4. The van der Waals surface area contributed by atoms with E-state index >= 15 is 9.59 Å². The highest BCUT2D eigenvalue weighted by Crippen LogP contribution is 2.56. The van der Waals surface area contributed by atoms with Crippen molar-refractivity contribution < 1.29 is 238 Å². The van der Waals surface area contributed by atoms with Crippen LogP contribution < -0.4 is 4.74 Å². The van der Waals surface area contributed by atoms with Gasteiger partial charge in [0.25, 0.3) is 0 Å². The van der Waals surface area contributed by atoms with Gasteiger partial charge in [-0.3, -0.25) is 0 Å². The van der Waals surface area contributed by atoms with Crippen LogP contribution in [0.3, 0.4) is 0 Å². The second-order valence-corrected chi connectivity index (χ2v) is 26.2. The Morgan fingerprint density at radius 3 is 1.02 bits per heavy atom. The zero-order valence-corrected chi connectivity index (χ0v) is 60.5. The van der Waals surface area contributed by atoms with Gasteiger partial charge in [0.2, 0.25) is 47.8 Å². The lowest BCUT2D eigenvalue weighted by Gasteiger charge is -2.43. The number of carbonyl (C=O) groups excluding carboxylic acids is 9. The quantitative estimate of drug-likeness (QED) is 0.0354. The summed E-state index contributed by atoms with van der Waals surface area (Å²) in [4.78, 5) is 130. The molecule has 9 aromatic carbocycles. The summed E-state index contributed by atoms with van der Waals surface area (Å²) in [6.45, 7) is -3.19. The third-order valence-corrected chi connectivity index (χ3v) is 18.3. The summed E-state index contributed by atoms with van der Waals surface area (Å²) in [5, 5.41) is 288. The predicted octanol–water partition coefficient (Wildman–Crippen LogP) is 2.77. The number of phenols is 26. The first-order chi connectivity index (χ1) is 57.8. The first-order valence-corrected chi connectivity index (χ1v) is 34.0. The second kappa shape index (κ2) is 32.6. The van der Waals surface area contributed by atoms with Crippen molar-refractivity contribution >= 4 is 53.7 Å². The number of aliphatic hydroxyl groups is 1. The molecule has 644 valence electrons. The standard InChI is InChI=1S/C75H56O48/c76-27-1-18(2-28(77)46(27)90)65(103)118-61-55(99)42(115-74(122-69(107)22-9-35(84)50(94)36(85)10-22)63(61)120-67(105)20-5-31(80)48(92)32(81)6-20)16-112-72(110)26-14-40(89)53(97)58(102)59(26)114-41-15-25-45(57(101)54(41)98)44-24(13-39(88)52(96)56(44)100)73(111)117-60-43(17-113-71(25)109)116-75(123-70(108)23-11-37(86)51(95)38(87)12-23)64(121-68(106)21-7-33(82)49(93)34(83)8-21)62(60)119-66(104)19-3-29(78)47(91)30(79)4-19/h1-15,42-43,55,60-64,74-102H,16-17H2/t42-,43-,55-,60-,61+,62+,63-,64-,74+,75+/m1/s1. The van der Waals surface area contributed by atoms with E-state index < -0.39 is 351 Å². The van der Waals surface area contributed by atoms with Crippen LogP contribution >= 0.6 is 0 Å². The molecule has 0 saturated carbocycles. The Morgan fingerprint density at radius 1 is 0.317 bits per heavy atom. The zero-order chi connectivity index (χ0) is 90.0. The van der Waals surface area contributed by atoms with Gasteiger partial charge in [-0.05, 0) is 78.9 Å². The largest absolute Gasteiger partial charge is 0.504 e. The Hall–Kier alpha value is -17.3. The predicted molar refractivity (Wildman–Crippen MR) is 381 cm³/mol. The maximum Gasteiger partial charge on any atom is 0.342 e. The lowest BCUT2D eigenvalue weighted by molar-refractivity contribution is -0.283. The highest BCUT2D eigenvalue weighted by molar-refractivity contribution is 6.09. The number of hydrogen-bond donors (Lipinski definition) is 27. The van der Waals surface area contributed by atoms with Crippen molar-refractivity contribution in [1.29, 1.82) is 0 Å². The number of benzene rings is 9. The first kappa shape index (κ1) is 85.1. The summed E-state index contributed by atoms with van der Waals surface area (Å²) in [5.74, 6) is -55.4. The Morgan fingerprint density at radius 2 is 0.626 bits per heavy atom. The molecule has 3 aliphatic rings. The molecule has 0 amide bonds. The Bertz CT molecular complexity index is 5810. The van der Waals surface area contributed by atoms with Gasteiger partial charge in [-0.2, -0.15) is 0 Å². The van der Waals surface area contributed by atoms with Gasteiger partial charge >= 0.3 is 53.7 Å². The summed E-state index contributed by atoms with van der Waals surface area (Å²) in [6.07, 6.45) is -26.9. The molecule has 0 aliphatic carbocycles. The van der Waals surface area contributed by atoms with Crippen LogP contribution in [0.15, 0.2) is 91.0 Å². The fraction of sp³-hybridized carbons (Fsp3) is 0.160. The molecule has 0 aromatic heterocycles. The minimum absolute atomic E-state index is 0.200. The average Bonchev–Trinajstić information content (AvgIpc) is 1.62. The van der Waals surface area contributed by atoms with Crippen molar-refractivity contribution in [3.05, 3.63) is 141 Å². The number of aromatic hydroxyl groups is 26. The van der Waals surface area contributed by atoms with Gasteiger partial charge < -0.3 is 195 Å². The molecule has 0 radical (unpaired) electrons. The highest BCUT2D eigenvalue weighted by atomic mass is 16.8. The van der Waals surface area contributed by atoms with Crippen molar-refractivity contribution in [2.45, 2.75) is 61.4 Å². The Kier molecular flexibility index (Phi) is 22.6. The fourth-order valence-electron chi connectivity index (χ4n) is 12.2. The molecule has 0 unspecified atom stereocenters. The van der Waals surface area contributed by atoms with Crippen molar-refractivity contribution in [3.8, 4) is 172 Å². The number of cyclic esters (lactones) is 1. The second-order valence-electron chi connectivity index (χ2n) is 26.2. The highest BCUT2D eigenvalue weighted by Gasteiger charge is 2.57. The van der Waals surface area contributed by atoms with E-state index in [-0.39, 0.29) is 18.2 Å². The summed E-state index contributed by atoms with van der Waals surface area (Å²) in [7, 11) is 0. The molecule has 2 fully saturated rings. The van der Waals surface area contributed by atoms with Crippen LogP contribution in [-0.4, -0.2) is 266 Å². The maximum atomic E-state index is 15.2. The number of hydrogen-bond acceptors (Lipinski definition) is 48. The molecule has 2 saturated heterocycles. The van der Waals surface area contributed by atoms with Gasteiger partial charge in [-0.15, -0.1) is 0 Å². The van der Waals surface area contributed by atoms with E-state index in [1.54, 1.807) is 0 Å². The Balaban J connectivity index is 0.935. The normalized spacial score (nSPS) is 19.1. The number of esters is 9. The molecule has 3 heterocycles. The van der Waals surface area contributed by atoms with E-state index in [2.05, 4.69) is 0 Å². The van der Waals surface area contributed by atoms with E-state index in [9.17, 15) is 171 Å². The summed E-state index contributed by atoms with van der Waals surface area (Å²) in [6, 6.07) is 6.04. The molecular weight excluding hydrogens is 1670 g/mol. The van der Waals surface area contributed by atoms with Gasteiger partial charge in [0, 0.05) is 23.3 Å². The van der Waals surface area contributed by atoms with Crippen LogP contribution in [0.5, 0.6) is 161 Å². The minimum Gasteiger partial charge on any atom is -0.504 e. The molecule has 3 aliphatic heterocycles. The SMILES string of the molecule is O=C(O[C@@H]1O[C@@H]2COC(=O)c3cc(Oc4c(C(=O)OC[C@H]5O[C@@H](OC(=O)c6cc(O)c(O)c(O)c6)[C@H](OC(=O)c6cc(O)c(O)c(O)c6)[C@@H](OC(=O)c6cc(O)c(O)c(O)c6)[C@@H]5O)cc(O)c(O)c4O)c(O)c(O)c3-c3c(cc(O)c(O)c3O)C(=O)O[C@H]2[C@H](OC(=O)c2cc(O)c(O)c(O)c2)[C@H]1OC(=O)c1cc(O)c(O)c(O)c1)c1cc(O)c(O)c(O)c1. The topological polar surface area (TPSA) is 811 Å². The molecule has 27 N–H and O–H groups in total. The number of carbonyl (C=O) groups is 9. The van der Waals surface area contributed by atoms with Crippen molar-refractivity contribution in [3.63, 3.8) is 0 Å². The minimum atomic E-state index is -2.82. The van der Waals surface area contributed by atoms with Crippen LogP contribution in [-0.2, 0) is 52.1 Å². The molecule has 48 nitrogen and oxygen atoms in total. The number of aliphatic hydroxyl groups excluding tert-OH is 1. The van der Waals surface area contributed by atoms with Crippen LogP contribution in [0.25, 0.3) is 11.1 Å². The summed E-state index contributed by atoms with van der Waals surface area (Å²) in [5.41, 5.74) is -12.7. The van der Waals surface area contributed by atoms with Gasteiger partial charge in [0.15, 0.2) is 156 Å². The van der Waals surface area contributed by atoms with Gasteiger partial charge in [-0.1, -0.05) is 0 Å². The number of rotatable bonds is 17. The summed E-state index contributed by atoms with van der Waals surface area (Å²) < 4.78 is 67.2. The monoisotopic (exact) mass is 1720 g/mol. The molecule has 0 spiro atoms. The number of phenolic OH excluding ortho intramolecular Hbond substituents is 26. The van der Waals surface area contributed by atoms with Crippen molar-refractivity contribution in [2.75, 3.05) is 13.2 Å².